The van der Waals surface area contributed by atoms with E-state index in [1.807, 2.05) is 25.1 Å². The molecule has 1 saturated carbocycles. The standard InChI is InChI=1S/C16H24N2O/c1-12-14(10-7-11-15(12)17)16(19)18-13-8-5-3-2-4-6-9-13/h7,10-11,13H,2-6,8-9,17H2,1H3,(H,18,19). The van der Waals surface area contributed by atoms with E-state index in [1.165, 1.54) is 32.1 Å². The molecule has 0 saturated heterocycles. The molecular formula is C16H24N2O. The molecule has 1 fully saturated rings. The number of carbonyl (C=O) groups excluding carboxylic acids is 1. The monoisotopic (exact) mass is 260 g/mol. The van der Waals surface area contributed by atoms with Gasteiger partial charge in [-0.05, 0) is 37.5 Å². The van der Waals surface area contributed by atoms with Gasteiger partial charge in [0.2, 0.25) is 0 Å². The van der Waals surface area contributed by atoms with Gasteiger partial charge in [0, 0.05) is 17.3 Å². The number of nitrogens with two attached hydrogens (primary N) is 1. The van der Waals surface area contributed by atoms with Crippen LogP contribution in [0.25, 0.3) is 0 Å². The number of anilines is 1. The van der Waals surface area contributed by atoms with Crippen molar-refractivity contribution in [3.05, 3.63) is 29.3 Å². The van der Waals surface area contributed by atoms with Crippen molar-refractivity contribution in [2.45, 2.75) is 57.9 Å². The summed E-state index contributed by atoms with van der Waals surface area (Å²) in [5, 5.41) is 3.18. The highest BCUT2D eigenvalue weighted by Gasteiger charge is 2.16. The van der Waals surface area contributed by atoms with E-state index in [2.05, 4.69) is 5.32 Å². The molecule has 0 unspecified atom stereocenters. The van der Waals surface area contributed by atoms with Gasteiger partial charge in [0.05, 0.1) is 0 Å². The molecule has 2 rings (SSSR count). The van der Waals surface area contributed by atoms with Crippen molar-refractivity contribution in [1.82, 2.24) is 5.32 Å². The molecule has 19 heavy (non-hydrogen) atoms. The van der Waals surface area contributed by atoms with Crippen LogP contribution in [0.3, 0.4) is 0 Å². The zero-order valence-corrected chi connectivity index (χ0v) is 11.7. The smallest absolute Gasteiger partial charge is 0.251 e. The number of rotatable bonds is 2. The highest BCUT2D eigenvalue weighted by atomic mass is 16.1. The summed E-state index contributed by atoms with van der Waals surface area (Å²) in [5.41, 5.74) is 8.13. The Morgan fingerprint density at radius 2 is 1.79 bits per heavy atom. The van der Waals surface area contributed by atoms with Crippen LogP contribution in [0.4, 0.5) is 5.69 Å². The third kappa shape index (κ3) is 3.72. The molecule has 3 heteroatoms. The second kappa shape index (κ2) is 6.60. The van der Waals surface area contributed by atoms with Gasteiger partial charge < -0.3 is 11.1 Å². The first-order chi connectivity index (χ1) is 9.18. The molecule has 1 aliphatic rings. The summed E-state index contributed by atoms with van der Waals surface area (Å²) in [6, 6.07) is 5.86. The Labute approximate surface area is 115 Å². The minimum absolute atomic E-state index is 0.0235. The summed E-state index contributed by atoms with van der Waals surface area (Å²) in [6.07, 6.45) is 8.59. The molecule has 104 valence electrons. The van der Waals surface area contributed by atoms with Crippen molar-refractivity contribution < 1.29 is 4.79 Å². The predicted molar refractivity (Wildman–Crippen MR) is 79.2 cm³/mol. The Hall–Kier alpha value is -1.51. The zero-order valence-electron chi connectivity index (χ0n) is 11.7. The molecule has 0 atom stereocenters. The highest BCUT2D eigenvalue weighted by Crippen LogP contribution is 2.19. The van der Waals surface area contributed by atoms with E-state index < -0.39 is 0 Å². The Kier molecular flexibility index (Phi) is 4.83. The molecule has 3 N–H and O–H groups in total. The molecule has 1 amide bonds. The van der Waals surface area contributed by atoms with Gasteiger partial charge in [-0.2, -0.15) is 0 Å². The number of hydrogen-bond acceptors (Lipinski definition) is 2. The van der Waals surface area contributed by atoms with Gasteiger partial charge in [0.1, 0.15) is 0 Å². The number of benzene rings is 1. The second-order valence-electron chi connectivity index (χ2n) is 5.54. The molecule has 0 radical (unpaired) electrons. The van der Waals surface area contributed by atoms with Crippen molar-refractivity contribution in [1.29, 1.82) is 0 Å². The number of carbonyl (C=O) groups is 1. The Morgan fingerprint density at radius 1 is 1.16 bits per heavy atom. The summed E-state index contributed by atoms with van der Waals surface area (Å²) in [4.78, 5) is 12.3. The van der Waals surface area contributed by atoms with Crippen LogP contribution in [0, 0.1) is 6.92 Å². The van der Waals surface area contributed by atoms with Gasteiger partial charge in [-0.1, -0.05) is 38.2 Å². The molecule has 1 aliphatic carbocycles. The zero-order chi connectivity index (χ0) is 13.7. The third-order valence-electron chi connectivity index (χ3n) is 4.06. The van der Waals surface area contributed by atoms with Crippen LogP contribution in [0.15, 0.2) is 18.2 Å². The molecule has 1 aromatic carbocycles. The van der Waals surface area contributed by atoms with Crippen LogP contribution in [0.2, 0.25) is 0 Å². The lowest BCUT2D eigenvalue weighted by Crippen LogP contribution is -2.35. The average molecular weight is 260 g/mol. The molecule has 0 aliphatic heterocycles. The average Bonchev–Trinajstić information content (AvgIpc) is 2.35. The van der Waals surface area contributed by atoms with Crippen LogP contribution in [0.1, 0.15) is 60.9 Å². The fourth-order valence-corrected chi connectivity index (χ4v) is 2.76. The van der Waals surface area contributed by atoms with Crippen molar-refractivity contribution in [3.8, 4) is 0 Å². The van der Waals surface area contributed by atoms with Gasteiger partial charge in [-0.25, -0.2) is 0 Å². The Balaban J connectivity index is 2.01. The summed E-state index contributed by atoms with van der Waals surface area (Å²) in [5.74, 6) is 0.0235. The highest BCUT2D eigenvalue weighted by molar-refractivity contribution is 5.97. The minimum Gasteiger partial charge on any atom is -0.398 e. The lowest BCUT2D eigenvalue weighted by molar-refractivity contribution is 0.0930. The first kappa shape index (κ1) is 13.9. The Bertz CT molecular complexity index is 434. The van der Waals surface area contributed by atoms with Crippen molar-refractivity contribution in [2.24, 2.45) is 0 Å². The van der Waals surface area contributed by atoms with Crippen molar-refractivity contribution >= 4 is 11.6 Å². The van der Waals surface area contributed by atoms with Gasteiger partial charge in [-0.15, -0.1) is 0 Å². The first-order valence-electron chi connectivity index (χ1n) is 7.34. The van der Waals surface area contributed by atoms with Gasteiger partial charge in [0.15, 0.2) is 0 Å². The number of hydrogen-bond donors (Lipinski definition) is 2. The molecule has 1 aromatic rings. The van der Waals surface area contributed by atoms with E-state index in [0.29, 0.717) is 17.3 Å². The fourth-order valence-electron chi connectivity index (χ4n) is 2.76. The second-order valence-corrected chi connectivity index (χ2v) is 5.54. The predicted octanol–water partition coefficient (Wildman–Crippen LogP) is 3.42. The van der Waals surface area contributed by atoms with Gasteiger partial charge in [0.25, 0.3) is 5.91 Å². The third-order valence-corrected chi connectivity index (χ3v) is 4.06. The maximum absolute atomic E-state index is 12.3. The maximum Gasteiger partial charge on any atom is 0.251 e. The molecular weight excluding hydrogens is 236 g/mol. The molecule has 0 aromatic heterocycles. The van der Waals surface area contributed by atoms with Gasteiger partial charge in [-0.3, -0.25) is 4.79 Å². The van der Waals surface area contributed by atoms with Crippen LogP contribution < -0.4 is 11.1 Å². The van der Waals surface area contributed by atoms with E-state index in [0.717, 1.165) is 18.4 Å². The quantitative estimate of drug-likeness (QED) is 0.800. The minimum atomic E-state index is 0.0235. The summed E-state index contributed by atoms with van der Waals surface area (Å²) in [7, 11) is 0. The topological polar surface area (TPSA) is 55.1 Å². The van der Waals surface area contributed by atoms with Crippen molar-refractivity contribution in [2.75, 3.05) is 5.73 Å². The number of nitrogen functional groups attached to an aromatic ring is 1. The van der Waals surface area contributed by atoms with E-state index >= 15 is 0 Å². The SMILES string of the molecule is Cc1c(N)cccc1C(=O)NC1CCCCCCC1. The summed E-state index contributed by atoms with van der Waals surface area (Å²) < 4.78 is 0. The summed E-state index contributed by atoms with van der Waals surface area (Å²) in [6.45, 7) is 1.91. The largest absolute Gasteiger partial charge is 0.398 e. The van der Waals surface area contributed by atoms with E-state index in [4.69, 9.17) is 5.73 Å². The lowest BCUT2D eigenvalue weighted by atomic mass is 9.96. The summed E-state index contributed by atoms with van der Waals surface area (Å²) >= 11 is 0. The molecule has 0 spiro atoms. The van der Waals surface area contributed by atoms with Gasteiger partial charge >= 0.3 is 0 Å². The van der Waals surface area contributed by atoms with E-state index in [-0.39, 0.29) is 5.91 Å². The normalized spacial score (nSPS) is 17.5. The van der Waals surface area contributed by atoms with Crippen LogP contribution >= 0.6 is 0 Å². The van der Waals surface area contributed by atoms with Crippen molar-refractivity contribution in [3.63, 3.8) is 0 Å². The fraction of sp³-hybridized carbons (Fsp3) is 0.562. The molecule has 0 bridgehead atoms. The Morgan fingerprint density at radius 3 is 2.47 bits per heavy atom. The molecule has 0 heterocycles. The van der Waals surface area contributed by atoms with Crippen LogP contribution in [0.5, 0.6) is 0 Å². The molecule has 3 nitrogen and oxygen atoms in total. The maximum atomic E-state index is 12.3. The number of amides is 1. The van der Waals surface area contributed by atoms with Crippen LogP contribution in [-0.4, -0.2) is 11.9 Å². The lowest BCUT2D eigenvalue weighted by Gasteiger charge is -2.21. The first-order valence-corrected chi connectivity index (χ1v) is 7.34. The van der Waals surface area contributed by atoms with E-state index in [1.54, 1.807) is 0 Å². The van der Waals surface area contributed by atoms with E-state index in [9.17, 15) is 4.79 Å². The van der Waals surface area contributed by atoms with Crippen LogP contribution in [-0.2, 0) is 0 Å². The number of nitrogens with one attached hydrogen (secondary N) is 1.